The van der Waals surface area contributed by atoms with E-state index in [0.29, 0.717) is 30.8 Å². The number of hydrogen-bond donors (Lipinski definition) is 1. The van der Waals surface area contributed by atoms with Gasteiger partial charge in [0.1, 0.15) is 0 Å². The maximum atomic E-state index is 11.7. The number of likely N-dealkylation sites (tertiary alicyclic amines) is 1. The minimum Gasteiger partial charge on any atom is -0.301 e. The van der Waals surface area contributed by atoms with Crippen LogP contribution in [-0.4, -0.2) is 50.6 Å². The van der Waals surface area contributed by atoms with E-state index in [1.807, 2.05) is 0 Å². The third kappa shape index (κ3) is 5.87. The van der Waals surface area contributed by atoms with Gasteiger partial charge in [-0.2, -0.15) is 0 Å². The lowest BCUT2D eigenvalue weighted by Gasteiger charge is -2.20. The first kappa shape index (κ1) is 16.2. The summed E-state index contributed by atoms with van der Waals surface area (Å²) >= 11 is 5.54. The summed E-state index contributed by atoms with van der Waals surface area (Å²) in [7, 11) is -3.11. The lowest BCUT2D eigenvalue weighted by molar-refractivity contribution is 0.265. The molecule has 1 heterocycles. The monoisotopic (exact) mass is 296 g/mol. The Morgan fingerprint density at radius 1 is 1.39 bits per heavy atom. The molecule has 0 radical (unpaired) electrons. The molecule has 0 spiro atoms. The third-order valence-corrected chi connectivity index (χ3v) is 5.14. The Balaban J connectivity index is 2.24. The average Bonchev–Trinajstić information content (AvgIpc) is 2.75. The van der Waals surface area contributed by atoms with Gasteiger partial charge in [-0.1, -0.05) is 0 Å². The number of hydrogen-bond acceptors (Lipinski definition) is 3. The molecule has 1 unspecified atom stereocenters. The Labute approximate surface area is 116 Å². The summed E-state index contributed by atoms with van der Waals surface area (Å²) in [5, 5.41) is 0. The minimum atomic E-state index is -3.11. The van der Waals surface area contributed by atoms with Gasteiger partial charge in [0.05, 0.1) is 5.75 Å². The predicted octanol–water partition coefficient (Wildman–Crippen LogP) is 1.66. The SMILES string of the molecule is CC(C)N1CCC(CNS(=O)(=O)CCCCCl)C1. The molecule has 1 saturated heterocycles. The van der Waals surface area contributed by atoms with Crippen molar-refractivity contribution in [1.82, 2.24) is 9.62 Å². The first-order chi connectivity index (χ1) is 8.44. The van der Waals surface area contributed by atoms with E-state index in [0.717, 1.165) is 25.9 Å². The van der Waals surface area contributed by atoms with E-state index < -0.39 is 10.0 Å². The van der Waals surface area contributed by atoms with Crippen LogP contribution in [0.5, 0.6) is 0 Å². The molecule has 1 atom stereocenters. The van der Waals surface area contributed by atoms with Crippen LogP contribution in [0.1, 0.15) is 33.1 Å². The van der Waals surface area contributed by atoms with Gasteiger partial charge in [0, 0.05) is 25.0 Å². The van der Waals surface area contributed by atoms with Crippen molar-refractivity contribution in [2.45, 2.75) is 39.2 Å². The van der Waals surface area contributed by atoms with E-state index in [1.54, 1.807) is 0 Å². The van der Waals surface area contributed by atoms with Crippen molar-refractivity contribution in [2.75, 3.05) is 31.3 Å². The summed E-state index contributed by atoms with van der Waals surface area (Å²) < 4.78 is 26.1. The van der Waals surface area contributed by atoms with Crippen molar-refractivity contribution in [3.8, 4) is 0 Å². The molecule has 0 saturated carbocycles. The lowest BCUT2D eigenvalue weighted by atomic mass is 10.1. The fourth-order valence-electron chi connectivity index (χ4n) is 2.20. The van der Waals surface area contributed by atoms with Crippen LogP contribution in [0.2, 0.25) is 0 Å². The van der Waals surface area contributed by atoms with Crippen LogP contribution in [-0.2, 0) is 10.0 Å². The predicted molar refractivity (Wildman–Crippen MR) is 76.6 cm³/mol. The van der Waals surface area contributed by atoms with Crippen molar-refractivity contribution in [3.63, 3.8) is 0 Å². The molecule has 0 aromatic rings. The standard InChI is InChI=1S/C12H25ClN2O2S/c1-11(2)15-7-5-12(10-15)9-14-18(16,17)8-4-3-6-13/h11-12,14H,3-10H2,1-2H3. The number of nitrogens with zero attached hydrogens (tertiary/aromatic N) is 1. The Morgan fingerprint density at radius 3 is 2.67 bits per heavy atom. The van der Waals surface area contributed by atoms with E-state index in [-0.39, 0.29) is 5.75 Å². The average molecular weight is 297 g/mol. The highest BCUT2D eigenvalue weighted by Gasteiger charge is 2.25. The molecule has 18 heavy (non-hydrogen) atoms. The molecule has 1 aliphatic heterocycles. The molecule has 108 valence electrons. The maximum Gasteiger partial charge on any atom is 0.211 e. The summed E-state index contributed by atoms with van der Waals surface area (Å²) in [6, 6.07) is 0.551. The fourth-order valence-corrected chi connectivity index (χ4v) is 3.61. The summed E-state index contributed by atoms with van der Waals surface area (Å²) in [4.78, 5) is 2.40. The van der Waals surface area contributed by atoms with Crippen LogP contribution < -0.4 is 4.72 Å². The third-order valence-electron chi connectivity index (χ3n) is 3.44. The highest BCUT2D eigenvalue weighted by atomic mass is 35.5. The van der Waals surface area contributed by atoms with Crippen molar-refractivity contribution >= 4 is 21.6 Å². The Hall–Kier alpha value is 0.160. The van der Waals surface area contributed by atoms with E-state index in [1.165, 1.54) is 0 Å². The molecule has 4 nitrogen and oxygen atoms in total. The van der Waals surface area contributed by atoms with E-state index in [2.05, 4.69) is 23.5 Å². The number of alkyl halides is 1. The van der Waals surface area contributed by atoms with Gasteiger partial charge in [-0.3, -0.25) is 0 Å². The van der Waals surface area contributed by atoms with Crippen LogP contribution in [0, 0.1) is 5.92 Å². The normalized spacial score (nSPS) is 21.9. The zero-order chi connectivity index (χ0) is 13.6. The molecule has 1 rings (SSSR count). The summed E-state index contributed by atoms with van der Waals surface area (Å²) in [5.74, 6) is 1.18. The molecule has 0 aliphatic carbocycles. The van der Waals surface area contributed by atoms with Gasteiger partial charge in [0.2, 0.25) is 10.0 Å². The largest absolute Gasteiger partial charge is 0.301 e. The molecule has 0 aromatic heterocycles. The highest BCUT2D eigenvalue weighted by molar-refractivity contribution is 7.89. The highest BCUT2D eigenvalue weighted by Crippen LogP contribution is 2.17. The second-order valence-corrected chi connectivity index (χ2v) is 7.61. The van der Waals surface area contributed by atoms with Crippen LogP contribution in [0.4, 0.5) is 0 Å². The van der Waals surface area contributed by atoms with Gasteiger partial charge in [-0.25, -0.2) is 13.1 Å². The summed E-state index contributed by atoms with van der Waals surface area (Å²) in [5.41, 5.74) is 0. The van der Waals surface area contributed by atoms with Gasteiger partial charge in [-0.15, -0.1) is 11.6 Å². The smallest absolute Gasteiger partial charge is 0.211 e. The topological polar surface area (TPSA) is 49.4 Å². The number of unbranched alkanes of at least 4 members (excludes halogenated alkanes) is 1. The summed E-state index contributed by atoms with van der Waals surface area (Å²) in [6.45, 7) is 7.02. The van der Waals surface area contributed by atoms with Gasteiger partial charge < -0.3 is 4.90 Å². The number of halogens is 1. The fraction of sp³-hybridized carbons (Fsp3) is 1.00. The van der Waals surface area contributed by atoms with Gasteiger partial charge in [0.15, 0.2) is 0 Å². The van der Waals surface area contributed by atoms with Gasteiger partial charge in [-0.05, 0) is 45.6 Å². The van der Waals surface area contributed by atoms with E-state index >= 15 is 0 Å². The van der Waals surface area contributed by atoms with E-state index in [9.17, 15) is 8.42 Å². The molecule has 0 aromatic carbocycles. The lowest BCUT2D eigenvalue weighted by Crippen LogP contribution is -2.34. The molecular formula is C12H25ClN2O2S. The first-order valence-electron chi connectivity index (χ1n) is 6.72. The first-order valence-corrected chi connectivity index (χ1v) is 8.90. The van der Waals surface area contributed by atoms with Crippen molar-refractivity contribution in [2.24, 2.45) is 5.92 Å². The molecule has 0 amide bonds. The molecular weight excluding hydrogens is 272 g/mol. The maximum absolute atomic E-state index is 11.7. The zero-order valence-corrected chi connectivity index (χ0v) is 12.9. The van der Waals surface area contributed by atoms with Crippen LogP contribution in [0.3, 0.4) is 0 Å². The Kier molecular flexibility index (Phi) is 6.92. The molecule has 1 aliphatic rings. The van der Waals surface area contributed by atoms with Crippen LogP contribution in [0.15, 0.2) is 0 Å². The Morgan fingerprint density at radius 2 is 2.11 bits per heavy atom. The quantitative estimate of drug-likeness (QED) is 0.547. The molecule has 1 N–H and O–H groups in total. The van der Waals surface area contributed by atoms with Crippen molar-refractivity contribution < 1.29 is 8.42 Å². The van der Waals surface area contributed by atoms with Gasteiger partial charge >= 0.3 is 0 Å². The Bertz CT molecular complexity index is 333. The summed E-state index contributed by atoms with van der Waals surface area (Å²) in [6.07, 6.45) is 2.48. The van der Waals surface area contributed by atoms with Gasteiger partial charge in [0.25, 0.3) is 0 Å². The van der Waals surface area contributed by atoms with Crippen LogP contribution >= 0.6 is 11.6 Å². The minimum absolute atomic E-state index is 0.195. The second kappa shape index (κ2) is 7.68. The molecule has 0 bridgehead atoms. The number of rotatable bonds is 8. The zero-order valence-electron chi connectivity index (χ0n) is 11.4. The van der Waals surface area contributed by atoms with E-state index in [4.69, 9.17) is 11.6 Å². The number of nitrogens with one attached hydrogen (secondary N) is 1. The molecule has 6 heteroatoms. The molecule has 1 fully saturated rings. The van der Waals surface area contributed by atoms with Crippen molar-refractivity contribution in [3.05, 3.63) is 0 Å². The van der Waals surface area contributed by atoms with Crippen LogP contribution in [0.25, 0.3) is 0 Å². The number of sulfonamides is 1. The van der Waals surface area contributed by atoms with Crippen molar-refractivity contribution in [1.29, 1.82) is 0 Å². The second-order valence-electron chi connectivity index (χ2n) is 5.31.